The lowest BCUT2D eigenvalue weighted by Crippen LogP contribution is -2.27. The van der Waals surface area contributed by atoms with Crippen molar-refractivity contribution >= 4 is 128 Å². The average Bonchev–Trinajstić information content (AvgIpc) is 3.14. The molecule has 0 amide bonds. The van der Waals surface area contributed by atoms with Gasteiger partial charge in [-0.3, -0.25) is 0 Å². The Morgan fingerprint density at radius 3 is 1.08 bits per heavy atom. The minimum atomic E-state index is 0.704. The molecule has 300 valence electrons. The number of rotatable bonds is 38. The maximum Gasteiger partial charge on any atom is 0.137 e. The van der Waals surface area contributed by atoms with E-state index in [4.69, 9.17) is 37.5 Å². The zero-order valence-corrected chi connectivity index (χ0v) is 39.5. The van der Waals surface area contributed by atoms with Crippen molar-refractivity contribution in [3.8, 4) is 0 Å². The number of ether oxygens (including phenoxy) is 1. The Morgan fingerprint density at radius 1 is 0.453 bits per heavy atom. The van der Waals surface area contributed by atoms with Gasteiger partial charge in [-0.1, -0.05) is 121 Å². The summed E-state index contributed by atoms with van der Waals surface area (Å²) in [5.74, 6) is 10.8. The van der Waals surface area contributed by atoms with Crippen LogP contribution in [0.4, 0.5) is 0 Å². The van der Waals surface area contributed by atoms with Crippen molar-refractivity contribution in [1.82, 2.24) is 9.80 Å². The van der Waals surface area contributed by atoms with Crippen LogP contribution < -0.4 is 0 Å². The van der Waals surface area contributed by atoms with E-state index in [1.807, 2.05) is 71.4 Å². The zero-order valence-electron chi connectivity index (χ0n) is 31.3. The van der Waals surface area contributed by atoms with Crippen LogP contribution >= 0.6 is 119 Å². The van der Waals surface area contributed by atoms with Crippen LogP contribution in [0.1, 0.15) is 0 Å². The third-order valence-corrected chi connectivity index (χ3v) is 15.3. The zero-order chi connectivity index (χ0) is 39.4. The van der Waals surface area contributed by atoms with Gasteiger partial charge in [0, 0.05) is 95.2 Å². The van der Waals surface area contributed by atoms with Gasteiger partial charge in [-0.15, -0.1) is 26.3 Å². The predicted octanol–water partition coefficient (Wildman–Crippen LogP) is 10.9. The van der Waals surface area contributed by atoms with E-state index in [9.17, 15) is 0 Å². The lowest BCUT2D eigenvalue weighted by atomic mass is 10.4. The van der Waals surface area contributed by atoms with E-state index < -0.39 is 0 Å². The van der Waals surface area contributed by atoms with Gasteiger partial charge in [-0.25, -0.2) is 0 Å². The lowest BCUT2D eigenvalue weighted by Gasteiger charge is -2.21. The molecule has 0 unspecified atom stereocenters. The van der Waals surface area contributed by atoms with Crippen molar-refractivity contribution < 1.29 is 13.1 Å². The summed E-state index contributed by atoms with van der Waals surface area (Å²) in [7, 11) is 0. The topological polar surface area (TPSA) is 34.2 Å². The largest absolute Gasteiger partial charge is 0.380 e. The van der Waals surface area contributed by atoms with E-state index in [0.29, 0.717) is 13.2 Å². The molecule has 0 radical (unpaired) electrons. The molecule has 0 saturated carbocycles. The van der Waals surface area contributed by atoms with E-state index in [1.54, 1.807) is 23.5 Å². The predicted molar refractivity (Wildman–Crippen MR) is 268 cm³/mol. The molecule has 0 aliphatic heterocycles. The van der Waals surface area contributed by atoms with E-state index in [1.165, 1.54) is 35.2 Å². The first-order valence-corrected chi connectivity index (χ1v) is 26.2. The molecule has 15 heteroatoms. The highest BCUT2D eigenvalue weighted by molar-refractivity contribution is 8.23. The number of thiocarbonyl (C=S) groups is 2. The number of thioether (sulfide) groups is 6. The second-order valence-electron chi connectivity index (χ2n) is 11.1. The van der Waals surface area contributed by atoms with Crippen molar-refractivity contribution in [2.24, 2.45) is 0 Å². The molecule has 0 spiro atoms. The molecule has 0 aliphatic rings. The molecule has 0 bridgehead atoms. The molecule has 0 aromatic heterocycles. The quantitative estimate of drug-likeness (QED) is 0.0255. The van der Waals surface area contributed by atoms with Crippen molar-refractivity contribution in [3.63, 3.8) is 0 Å². The summed E-state index contributed by atoms with van der Waals surface area (Å²) in [5, 5.41) is 0. The van der Waals surface area contributed by atoms with Gasteiger partial charge >= 0.3 is 0 Å². The standard InChI is InChI=1S/C38H60N2O3S10/c1-9-13-39(14-10-2)37(44)50-29-35(7)31-52-42-19-23-48-27-33(5)25-46-21-17-41-18-22-47-26-34(6)28-49-24-20-43-53-32-36(8)30-51-38(45)40(15-11-3)16-12-4/h9-12H,1-8,13-32H2. The maximum atomic E-state index is 5.82. The lowest BCUT2D eigenvalue weighted by molar-refractivity contribution is 0.167. The first-order chi connectivity index (χ1) is 25.7. The Labute approximate surface area is 368 Å². The van der Waals surface area contributed by atoms with Crippen molar-refractivity contribution in [3.05, 3.63) is 99.2 Å². The molecule has 0 atom stereocenters. The fourth-order valence-electron chi connectivity index (χ4n) is 3.50. The van der Waals surface area contributed by atoms with E-state index >= 15 is 0 Å². The molecule has 0 aromatic rings. The van der Waals surface area contributed by atoms with Crippen molar-refractivity contribution in [2.75, 3.05) is 122 Å². The van der Waals surface area contributed by atoms with Crippen LogP contribution in [-0.2, 0) is 13.1 Å². The molecule has 0 fully saturated rings. The summed E-state index contributed by atoms with van der Waals surface area (Å²) in [6, 6.07) is 0. The summed E-state index contributed by atoms with van der Waals surface area (Å²) in [6.07, 6.45) is 7.41. The maximum absolute atomic E-state index is 5.82. The second-order valence-corrected chi connectivity index (χ2v) is 20.2. The van der Waals surface area contributed by atoms with Crippen LogP contribution in [0.25, 0.3) is 0 Å². The van der Waals surface area contributed by atoms with E-state index in [0.717, 1.165) is 128 Å². The summed E-state index contributed by atoms with van der Waals surface area (Å²) < 4.78 is 19.0. The molecule has 5 nitrogen and oxygen atoms in total. The normalized spacial score (nSPS) is 10.7. The fourth-order valence-corrected chi connectivity index (χ4v) is 10.5. The first kappa shape index (κ1) is 53.4. The first-order valence-electron chi connectivity index (χ1n) is 17.0. The third kappa shape index (κ3) is 34.2. The van der Waals surface area contributed by atoms with Crippen LogP contribution in [0.5, 0.6) is 0 Å². The second kappa shape index (κ2) is 39.2. The minimum absolute atomic E-state index is 0.704. The third-order valence-electron chi connectivity index (χ3n) is 6.00. The molecule has 0 heterocycles. The summed E-state index contributed by atoms with van der Waals surface area (Å²) >= 11 is 24.7. The molecule has 0 aliphatic carbocycles. The number of hydrogen-bond donors (Lipinski definition) is 0. The van der Waals surface area contributed by atoms with Gasteiger partial charge in [0.25, 0.3) is 0 Å². The van der Waals surface area contributed by atoms with Crippen LogP contribution in [0, 0.1) is 0 Å². The Hall–Kier alpha value is 0.380. The van der Waals surface area contributed by atoms with Crippen LogP contribution in [0.3, 0.4) is 0 Å². The summed E-state index contributed by atoms with van der Waals surface area (Å²) in [5.41, 5.74) is 4.71. The fraction of sp³-hybridized carbons (Fsp3) is 0.526. The van der Waals surface area contributed by atoms with Gasteiger partial charge in [0.1, 0.15) is 8.64 Å². The van der Waals surface area contributed by atoms with Gasteiger partial charge in [0.05, 0.1) is 26.4 Å². The number of hydrogen-bond acceptors (Lipinski definition) is 13. The van der Waals surface area contributed by atoms with Gasteiger partial charge < -0.3 is 22.9 Å². The summed E-state index contributed by atoms with van der Waals surface area (Å²) in [4.78, 5) is 4.14. The Bertz CT molecular complexity index is 1020. The Kier molecular flexibility index (Phi) is 39.5. The van der Waals surface area contributed by atoms with E-state index in [2.05, 4.69) is 62.4 Å². The highest BCUT2D eigenvalue weighted by Crippen LogP contribution is 2.20. The number of nitrogens with zero attached hydrogens (tertiary/aromatic N) is 2. The van der Waals surface area contributed by atoms with Gasteiger partial charge in [0.2, 0.25) is 0 Å². The molecule has 0 rings (SSSR count). The smallest absolute Gasteiger partial charge is 0.137 e. The highest BCUT2D eigenvalue weighted by atomic mass is 32.2. The molecule has 0 N–H and O–H groups in total. The van der Waals surface area contributed by atoms with Gasteiger partial charge in [-0.2, -0.15) is 47.0 Å². The van der Waals surface area contributed by atoms with Crippen molar-refractivity contribution in [2.45, 2.75) is 0 Å². The van der Waals surface area contributed by atoms with E-state index in [-0.39, 0.29) is 0 Å². The Morgan fingerprint density at radius 2 is 0.755 bits per heavy atom. The van der Waals surface area contributed by atoms with Gasteiger partial charge in [-0.05, 0) is 24.1 Å². The molecular formula is C38H60N2O3S10. The van der Waals surface area contributed by atoms with Crippen LogP contribution in [0.15, 0.2) is 99.2 Å². The highest BCUT2D eigenvalue weighted by Gasteiger charge is 2.09. The van der Waals surface area contributed by atoms with Crippen molar-refractivity contribution in [1.29, 1.82) is 0 Å². The van der Waals surface area contributed by atoms with Crippen LogP contribution in [0.2, 0.25) is 0 Å². The van der Waals surface area contributed by atoms with Gasteiger partial charge in [0.15, 0.2) is 0 Å². The monoisotopic (exact) mass is 912 g/mol. The molecule has 0 saturated heterocycles. The molecular weight excluding hydrogens is 853 g/mol. The molecule has 0 aromatic carbocycles. The summed E-state index contributed by atoms with van der Waals surface area (Å²) in [6.45, 7) is 37.8. The SMILES string of the molecule is C=CCN(CC=C)C(=S)SCC(=C)CSOCCSCC(=C)CSCCOCCSCC(=C)CSCCOSCC(=C)CSC(=S)N(CC=C)CC=C. The Balaban J connectivity index is 3.57. The molecule has 53 heavy (non-hydrogen) atoms. The minimum Gasteiger partial charge on any atom is -0.380 e. The average molecular weight is 914 g/mol. The van der Waals surface area contributed by atoms with Crippen LogP contribution in [-0.4, -0.2) is 140 Å².